The zero-order valence-corrected chi connectivity index (χ0v) is 18.7. The minimum atomic E-state index is -0.0451. The van der Waals surface area contributed by atoms with E-state index in [1.807, 2.05) is 47.8 Å². The van der Waals surface area contributed by atoms with Crippen molar-refractivity contribution in [2.75, 3.05) is 32.7 Å². The van der Waals surface area contributed by atoms with Gasteiger partial charge in [-0.2, -0.15) is 0 Å². The van der Waals surface area contributed by atoms with Crippen molar-refractivity contribution in [1.82, 2.24) is 4.98 Å². The monoisotopic (exact) mass is 426 g/mol. The number of rotatable bonds is 9. The van der Waals surface area contributed by atoms with Crippen molar-refractivity contribution < 1.29 is 19.2 Å². The molecular weight excluding hydrogens is 398 g/mol. The molecule has 1 aromatic heterocycles. The zero-order chi connectivity index (χ0) is 21.5. The number of likely N-dealkylation sites (N-methyl/N-ethyl adjacent to an activating group) is 1. The van der Waals surface area contributed by atoms with Gasteiger partial charge in [0, 0.05) is 18.7 Å². The molecule has 0 radical (unpaired) electrons. The molecule has 1 amide bonds. The van der Waals surface area contributed by atoms with Crippen LogP contribution in [0.2, 0.25) is 0 Å². The number of para-hydroxylation sites is 1. The number of thiazole rings is 1. The van der Waals surface area contributed by atoms with Gasteiger partial charge < -0.3 is 14.4 Å². The molecule has 0 aliphatic heterocycles. The number of benzene rings is 2. The van der Waals surface area contributed by atoms with Crippen LogP contribution in [-0.4, -0.2) is 38.7 Å². The van der Waals surface area contributed by atoms with Gasteiger partial charge in [0.15, 0.2) is 16.6 Å². The Morgan fingerprint density at radius 2 is 1.83 bits per heavy atom. The summed E-state index contributed by atoms with van der Waals surface area (Å²) in [6.45, 7) is 3.32. The Balaban J connectivity index is 1.62. The summed E-state index contributed by atoms with van der Waals surface area (Å²) < 4.78 is 10.7. The van der Waals surface area contributed by atoms with E-state index in [4.69, 9.17) is 14.5 Å². The number of anilines is 2. The first-order valence-corrected chi connectivity index (χ1v) is 10.7. The van der Waals surface area contributed by atoms with Gasteiger partial charge in [-0.3, -0.25) is 9.69 Å². The molecule has 0 spiro atoms. The van der Waals surface area contributed by atoms with Crippen molar-refractivity contribution in [2.24, 2.45) is 0 Å². The molecule has 1 N–H and O–H groups in total. The lowest BCUT2D eigenvalue weighted by Gasteiger charge is -2.18. The molecule has 0 saturated heterocycles. The molecule has 0 aliphatic carbocycles. The number of ether oxygens (including phenoxy) is 2. The van der Waals surface area contributed by atoms with Gasteiger partial charge in [-0.1, -0.05) is 24.3 Å². The maximum Gasteiger partial charge on any atom is 0.230 e. The van der Waals surface area contributed by atoms with Gasteiger partial charge in [-0.05, 0) is 29.8 Å². The van der Waals surface area contributed by atoms with Gasteiger partial charge in [-0.25, -0.2) is 4.98 Å². The van der Waals surface area contributed by atoms with Crippen LogP contribution < -0.4 is 19.3 Å². The van der Waals surface area contributed by atoms with Crippen molar-refractivity contribution in [2.45, 2.75) is 19.9 Å². The molecule has 0 fully saturated rings. The summed E-state index contributed by atoms with van der Waals surface area (Å²) in [5.74, 6) is 1.45. The highest BCUT2D eigenvalue weighted by Gasteiger charge is 2.18. The summed E-state index contributed by atoms with van der Waals surface area (Å²) in [7, 11) is 5.45. The summed E-state index contributed by atoms with van der Waals surface area (Å²) in [6.07, 6.45) is 0.923. The molecule has 1 atom stereocenters. The van der Waals surface area contributed by atoms with E-state index in [9.17, 15) is 4.79 Å². The lowest BCUT2D eigenvalue weighted by Crippen LogP contribution is -3.07. The second-order valence-electron chi connectivity index (χ2n) is 7.13. The summed E-state index contributed by atoms with van der Waals surface area (Å²) >= 11 is 1.50. The van der Waals surface area contributed by atoms with Gasteiger partial charge in [0.25, 0.3) is 0 Å². The largest absolute Gasteiger partial charge is 0.493 e. The number of aromatic nitrogens is 1. The number of methoxy groups -OCH3 is 2. The number of quaternary nitrogens is 1. The topological polar surface area (TPSA) is 56.1 Å². The number of carbonyl (C=O) groups is 1. The Morgan fingerprint density at radius 3 is 2.50 bits per heavy atom. The average molecular weight is 427 g/mol. The third-order valence-electron chi connectivity index (χ3n) is 4.83. The van der Waals surface area contributed by atoms with Crippen LogP contribution in [0.5, 0.6) is 11.5 Å². The lowest BCUT2D eigenvalue weighted by molar-refractivity contribution is -0.893. The normalized spacial score (nSPS) is 11.7. The van der Waals surface area contributed by atoms with Crippen molar-refractivity contribution in [3.05, 3.63) is 65.2 Å². The van der Waals surface area contributed by atoms with Crippen molar-refractivity contribution >= 4 is 28.1 Å². The van der Waals surface area contributed by atoms with E-state index in [-0.39, 0.29) is 5.91 Å². The third-order valence-corrected chi connectivity index (χ3v) is 5.71. The Hall–Kier alpha value is -2.90. The fourth-order valence-corrected chi connectivity index (χ4v) is 4.16. The fraction of sp³-hybridized carbons (Fsp3) is 0.304. The molecular formula is C23H28N3O3S+. The first kappa shape index (κ1) is 21.8. The van der Waals surface area contributed by atoms with E-state index in [0.29, 0.717) is 5.13 Å². The van der Waals surface area contributed by atoms with Crippen molar-refractivity contribution in [3.8, 4) is 11.5 Å². The first-order chi connectivity index (χ1) is 14.5. The van der Waals surface area contributed by atoms with Crippen LogP contribution in [0.3, 0.4) is 0 Å². The number of hydrogen-bond acceptors (Lipinski definition) is 5. The van der Waals surface area contributed by atoms with Crippen LogP contribution in [-0.2, 0) is 17.8 Å². The highest BCUT2D eigenvalue weighted by atomic mass is 32.1. The van der Waals surface area contributed by atoms with E-state index >= 15 is 0 Å². The highest BCUT2D eigenvalue weighted by Crippen LogP contribution is 2.29. The third kappa shape index (κ3) is 5.37. The molecule has 1 heterocycles. The number of carbonyl (C=O) groups excluding carboxylic acids is 1. The van der Waals surface area contributed by atoms with Crippen LogP contribution in [0.25, 0.3) is 0 Å². The Morgan fingerprint density at radius 1 is 1.10 bits per heavy atom. The second kappa shape index (κ2) is 10.2. The number of nitrogens with zero attached hydrogens (tertiary/aromatic N) is 2. The maximum absolute atomic E-state index is 12.2. The molecule has 30 heavy (non-hydrogen) atoms. The van der Waals surface area contributed by atoms with Gasteiger partial charge >= 0.3 is 0 Å². The number of amides is 1. The molecule has 0 aliphatic rings. The molecule has 3 rings (SSSR count). The van der Waals surface area contributed by atoms with Crippen LogP contribution in [0.1, 0.15) is 18.2 Å². The molecule has 0 saturated carbocycles. The van der Waals surface area contributed by atoms with E-state index < -0.39 is 0 Å². The zero-order valence-electron chi connectivity index (χ0n) is 17.8. The van der Waals surface area contributed by atoms with Gasteiger partial charge in [0.2, 0.25) is 5.91 Å². The van der Waals surface area contributed by atoms with Crippen LogP contribution >= 0.6 is 11.3 Å². The predicted molar refractivity (Wildman–Crippen MR) is 120 cm³/mol. The van der Waals surface area contributed by atoms with Gasteiger partial charge in [-0.15, -0.1) is 11.3 Å². The Bertz CT molecular complexity index is 975. The van der Waals surface area contributed by atoms with Crippen molar-refractivity contribution in [1.29, 1.82) is 0 Å². The quantitative estimate of drug-likeness (QED) is 0.571. The van der Waals surface area contributed by atoms with E-state index in [1.54, 1.807) is 26.0 Å². The Labute approximate surface area is 181 Å². The van der Waals surface area contributed by atoms with Gasteiger partial charge in [0.05, 0.1) is 33.5 Å². The summed E-state index contributed by atoms with van der Waals surface area (Å²) in [4.78, 5) is 19.9. The second-order valence-corrected chi connectivity index (χ2v) is 7.97. The Kier molecular flexibility index (Phi) is 7.43. The first-order valence-electron chi connectivity index (χ1n) is 9.84. The summed E-state index contributed by atoms with van der Waals surface area (Å²) in [5, 5.41) is 2.74. The molecule has 3 aromatic rings. The lowest BCUT2D eigenvalue weighted by atomic mass is 10.1. The minimum absolute atomic E-state index is 0.0451. The van der Waals surface area contributed by atoms with E-state index in [0.717, 1.165) is 42.4 Å². The van der Waals surface area contributed by atoms with E-state index in [1.165, 1.54) is 21.8 Å². The van der Waals surface area contributed by atoms with Crippen LogP contribution in [0.4, 0.5) is 10.8 Å². The molecule has 2 aromatic carbocycles. The highest BCUT2D eigenvalue weighted by molar-refractivity contribution is 7.14. The average Bonchev–Trinajstić information content (AvgIpc) is 3.20. The van der Waals surface area contributed by atoms with Crippen LogP contribution in [0, 0.1) is 0 Å². The molecule has 1 unspecified atom stereocenters. The predicted octanol–water partition coefficient (Wildman–Crippen LogP) is 3.10. The fourth-order valence-electron chi connectivity index (χ4n) is 3.28. The molecule has 0 bridgehead atoms. The minimum Gasteiger partial charge on any atom is -0.493 e. The van der Waals surface area contributed by atoms with E-state index in [2.05, 4.69) is 13.1 Å². The SMILES string of the molecule is COc1ccc(CC[NH+](C)Cc2csc(N(C(C)=O)c3ccccc3)n2)cc1OC. The molecule has 7 heteroatoms. The molecule has 158 valence electrons. The van der Waals surface area contributed by atoms with Gasteiger partial charge in [0.1, 0.15) is 12.2 Å². The molecule has 6 nitrogen and oxygen atoms in total. The standard InChI is InChI=1S/C23H27N3O3S/c1-17(27)26(20-8-6-5-7-9-20)23-24-19(16-30-23)15-25(2)13-12-18-10-11-21(28-3)22(14-18)29-4/h5-11,14,16H,12-13,15H2,1-4H3/p+1. The summed E-state index contributed by atoms with van der Waals surface area (Å²) in [5.41, 5.74) is 3.03. The summed E-state index contributed by atoms with van der Waals surface area (Å²) in [6, 6.07) is 15.7. The smallest absolute Gasteiger partial charge is 0.230 e. The number of nitrogens with one attached hydrogen (secondary N) is 1. The maximum atomic E-state index is 12.2. The van der Waals surface area contributed by atoms with Crippen molar-refractivity contribution in [3.63, 3.8) is 0 Å². The number of hydrogen-bond donors (Lipinski definition) is 1. The van der Waals surface area contributed by atoms with Crippen LogP contribution in [0.15, 0.2) is 53.9 Å².